The summed E-state index contributed by atoms with van der Waals surface area (Å²) < 4.78 is 38.7. The number of benzene rings is 4. The summed E-state index contributed by atoms with van der Waals surface area (Å²) in [6.45, 7) is 12.0. The molecule has 5 heterocycles. The number of ether oxygens (including phenoxy) is 1. The summed E-state index contributed by atoms with van der Waals surface area (Å²) in [4.78, 5) is 82.8. The van der Waals surface area contributed by atoms with Crippen LogP contribution < -0.4 is 21.6 Å². The number of unbranched alkanes of at least 4 members (excludes halogenated alkanes) is 1. The molecular formula is C59H70F2N8O7. The number of anilines is 1. The molecule has 3 atom stereocenters. The standard InChI is InChI=1S/C59H70F2N8O7/c1-37-14-19-43(63-51-35-68(36-59(51,60)61)57(75)76-58(3,4)5)34-47(37)54(72)62-38(2)44-20-17-41(45-11-7-8-12-46(44)45)16-15-39-24-29-66(30-25-39)28-10-9-13-53(71)67-31-26-40(27-32-67)42-18-21-48-50(33-42)65(6)56(74)69(48)49-22-23-52(70)64-55(49)73/h7-8,11-12,14,17-21,33-34,38-40,49,51,63H,9-10,13,22-32,35-36H2,1-6H3,(H,62,72)(H,64,70,73)/t38-,49?,51+/m1/s1. The lowest BCUT2D eigenvalue weighted by Gasteiger charge is -2.32. The molecule has 0 spiro atoms. The van der Waals surface area contributed by atoms with Gasteiger partial charge in [0.05, 0.1) is 30.2 Å². The SMILES string of the molecule is Cc1ccc(N[C@H]2CN(C(=O)OC(C)(C)C)CC2(F)F)cc1C(=O)N[C@H](C)c1ccc(C#CC2CCN(CCCCC(=O)N3CCC(c4ccc5c(c4)n(C)c(=O)n5C4CCC(=O)NC4=O)CC3)CC2)c2ccccc12. The van der Waals surface area contributed by atoms with Crippen molar-refractivity contribution in [2.45, 2.75) is 128 Å². The van der Waals surface area contributed by atoms with E-state index in [1.54, 1.807) is 57.5 Å². The van der Waals surface area contributed by atoms with Gasteiger partial charge in [0, 0.05) is 55.7 Å². The molecule has 0 aliphatic carbocycles. The molecule has 4 fully saturated rings. The van der Waals surface area contributed by atoms with E-state index in [0.29, 0.717) is 48.3 Å². The van der Waals surface area contributed by atoms with E-state index >= 15 is 8.78 Å². The van der Waals surface area contributed by atoms with Crippen molar-refractivity contribution in [1.29, 1.82) is 0 Å². The molecule has 76 heavy (non-hydrogen) atoms. The average Bonchev–Trinajstić information content (AvgIpc) is 3.86. The van der Waals surface area contributed by atoms with Crippen LogP contribution in [-0.4, -0.2) is 117 Å². The van der Waals surface area contributed by atoms with Crippen LogP contribution in [0.15, 0.2) is 77.6 Å². The Hall–Kier alpha value is -7.06. The third-order valence-electron chi connectivity index (χ3n) is 15.6. The van der Waals surface area contributed by atoms with Crippen molar-refractivity contribution < 1.29 is 37.5 Å². The summed E-state index contributed by atoms with van der Waals surface area (Å²) in [5.41, 5.74) is 4.69. The molecule has 3 N–H and O–H groups in total. The Bertz CT molecular complexity index is 3170. The van der Waals surface area contributed by atoms with Gasteiger partial charge in [-0.05, 0) is 163 Å². The molecule has 9 rings (SSSR count). The van der Waals surface area contributed by atoms with Crippen LogP contribution >= 0.6 is 0 Å². The zero-order valence-electron chi connectivity index (χ0n) is 44.5. The number of likely N-dealkylation sites (tertiary alicyclic amines) is 3. The Morgan fingerprint density at radius 2 is 1.61 bits per heavy atom. The number of nitrogens with one attached hydrogen (secondary N) is 3. The molecule has 4 aliphatic rings. The number of carbonyl (C=O) groups is 5. The second-order valence-electron chi connectivity index (χ2n) is 22.2. The molecule has 0 saturated carbocycles. The number of carbonyl (C=O) groups excluding carboxylic acids is 5. The zero-order chi connectivity index (χ0) is 54.1. The quantitative estimate of drug-likeness (QED) is 0.0630. The van der Waals surface area contributed by atoms with Gasteiger partial charge < -0.3 is 25.2 Å². The summed E-state index contributed by atoms with van der Waals surface area (Å²) in [5.74, 6) is 3.45. The van der Waals surface area contributed by atoms with E-state index in [1.807, 2.05) is 60.4 Å². The molecule has 5 amide bonds. The number of fused-ring (bicyclic) bond motifs is 2. The second kappa shape index (κ2) is 22.3. The molecule has 15 nitrogen and oxygen atoms in total. The Labute approximate surface area is 442 Å². The smallest absolute Gasteiger partial charge is 0.410 e. The number of hydrogen-bond donors (Lipinski definition) is 3. The molecule has 17 heteroatoms. The van der Waals surface area contributed by atoms with Gasteiger partial charge in [0.1, 0.15) is 17.7 Å². The topological polar surface area (TPSA) is 167 Å². The van der Waals surface area contributed by atoms with Crippen LogP contribution in [0.25, 0.3) is 21.8 Å². The van der Waals surface area contributed by atoms with Gasteiger partial charge in [-0.1, -0.05) is 54.3 Å². The van der Waals surface area contributed by atoms with Crippen LogP contribution in [0.3, 0.4) is 0 Å². The minimum absolute atomic E-state index is 0.194. The van der Waals surface area contributed by atoms with E-state index in [-0.39, 0.29) is 54.3 Å². The molecule has 4 aromatic carbocycles. The van der Waals surface area contributed by atoms with Crippen LogP contribution in [-0.2, 0) is 26.2 Å². The molecule has 4 aliphatic heterocycles. The van der Waals surface area contributed by atoms with Crippen molar-refractivity contribution in [1.82, 2.24) is 34.5 Å². The minimum Gasteiger partial charge on any atom is -0.444 e. The highest BCUT2D eigenvalue weighted by Crippen LogP contribution is 2.35. The number of nitrogens with zero attached hydrogens (tertiary/aromatic N) is 5. The molecule has 5 aromatic rings. The lowest BCUT2D eigenvalue weighted by molar-refractivity contribution is -0.136. The average molecular weight is 1040 g/mol. The highest BCUT2D eigenvalue weighted by atomic mass is 19.3. The van der Waals surface area contributed by atoms with Crippen LogP contribution in [0.4, 0.5) is 19.3 Å². The molecule has 402 valence electrons. The number of alkyl halides is 2. The first kappa shape index (κ1) is 53.8. The Morgan fingerprint density at radius 1 is 0.868 bits per heavy atom. The number of piperidine rings is 3. The van der Waals surface area contributed by atoms with Crippen molar-refractivity contribution in [2.75, 3.05) is 51.1 Å². The van der Waals surface area contributed by atoms with Crippen molar-refractivity contribution in [3.8, 4) is 11.8 Å². The maximum absolute atomic E-state index is 15.1. The predicted octanol–water partition coefficient (Wildman–Crippen LogP) is 8.58. The van der Waals surface area contributed by atoms with Crippen molar-refractivity contribution in [2.24, 2.45) is 13.0 Å². The number of halogens is 2. The van der Waals surface area contributed by atoms with Gasteiger partial charge in [0.2, 0.25) is 17.7 Å². The number of imide groups is 1. The lowest BCUT2D eigenvalue weighted by atomic mass is 9.89. The normalized spacial score (nSPS) is 20.1. The molecule has 1 unspecified atom stereocenters. The third-order valence-corrected chi connectivity index (χ3v) is 15.6. The summed E-state index contributed by atoms with van der Waals surface area (Å²) in [6.07, 6.45) is 5.64. The summed E-state index contributed by atoms with van der Waals surface area (Å²) in [7, 11) is 1.71. The van der Waals surface area contributed by atoms with Crippen LogP contribution in [0.2, 0.25) is 0 Å². The van der Waals surface area contributed by atoms with Gasteiger partial charge in [-0.3, -0.25) is 38.5 Å². The number of aryl methyl sites for hydroxylation is 2. The highest BCUT2D eigenvalue weighted by molar-refractivity contribution is 6.00. The Kier molecular flexibility index (Phi) is 15.7. The molecular weight excluding hydrogens is 971 g/mol. The van der Waals surface area contributed by atoms with E-state index in [9.17, 15) is 28.8 Å². The third kappa shape index (κ3) is 12.0. The zero-order valence-corrected chi connectivity index (χ0v) is 44.5. The minimum atomic E-state index is -3.21. The molecule has 0 radical (unpaired) electrons. The monoisotopic (exact) mass is 1040 g/mol. The van der Waals surface area contributed by atoms with Gasteiger partial charge in [0.15, 0.2) is 0 Å². The lowest BCUT2D eigenvalue weighted by Crippen LogP contribution is -2.44. The first-order valence-corrected chi connectivity index (χ1v) is 26.8. The fourth-order valence-electron chi connectivity index (χ4n) is 11.3. The summed E-state index contributed by atoms with van der Waals surface area (Å²) in [5, 5.41) is 10.3. The van der Waals surface area contributed by atoms with E-state index in [1.165, 1.54) is 4.57 Å². The molecule has 0 bridgehead atoms. The maximum atomic E-state index is 15.1. The van der Waals surface area contributed by atoms with Gasteiger partial charge in [0.25, 0.3) is 11.8 Å². The number of amides is 5. The van der Waals surface area contributed by atoms with Gasteiger partial charge >= 0.3 is 11.8 Å². The predicted molar refractivity (Wildman–Crippen MR) is 288 cm³/mol. The fraction of sp³-hybridized carbons (Fsp3) is 0.492. The van der Waals surface area contributed by atoms with E-state index in [0.717, 1.165) is 96.0 Å². The number of hydrogen-bond acceptors (Lipinski definition) is 9. The van der Waals surface area contributed by atoms with Gasteiger partial charge in [-0.2, -0.15) is 0 Å². The number of aromatic nitrogens is 2. The Balaban J connectivity index is 0.718. The largest absolute Gasteiger partial charge is 0.444 e. The van der Waals surface area contributed by atoms with Crippen molar-refractivity contribution >= 4 is 57.2 Å². The first-order chi connectivity index (χ1) is 36.2. The van der Waals surface area contributed by atoms with Crippen molar-refractivity contribution in [3.05, 3.63) is 111 Å². The number of imidazole rings is 1. The number of rotatable bonds is 12. The molecule has 1 aromatic heterocycles. The van der Waals surface area contributed by atoms with Gasteiger partial charge in [-0.15, -0.1) is 0 Å². The highest BCUT2D eigenvalue weighted by Gasteiger charge is 2.50. The second-order valence-corrected chi connectivity index (χ2v) is 22.2. The van der Waals surface area contributed by atoms with Crippen LogP contribution in [0.5, 0.6) is 0 Å². The van der Waals surface area contributed by atoms with Crippen molar-refractivity contribution in [3.63, 3.8) is 0 Å². The first-order valence-electron chi connectivity index (χ1n) is 26.8. The van der Waals surface area contributed by atoms with E-state index in [4.69, 9.17) is 4.74 Å². The Morgan fingerprint density at radius 3 is 2.33 bits per heavy atom. The van der Waals surface area contributed by atoms with Gasteiger partial charge in [-0.25, -0.2) is 18.4 Å². The van der Waals surface area contributed by atoms with E-state index in [2.05, 4.69) is 38.8 Å². The summed E-state index contributed by atoms with van der Waals surface area (Å²) in [6, 6.07) is 20.5. The van der Waals surface area contributed by atoms with Crippen LogP contribution in [0.1, 0.15) is 136 Å². The molecule has 4 saturated heterocycles. The maximum Gasteiger partial charge on any atom is 0.410 e. The fourth-order valence-corrected chi connectivity index (χ4v) is 11.3. The summed E-state index contributed by atoms with van der Waals surface area (Å²) >= 11 is 0. The van der Waals surface area contributed by atoms with E-state index < -0.39 is 42.2 Å². The van der Waals surface area contributed by atoms with Crippen LogP contribution in [0, 0.1) is 24.7 Å².